The second-order valence-corrected chi connectivity index (χ2v) is 6.19. The number of hydrogen-bond donors (Lipinski definition) is 0. The standard InChI is InChI=1S/C14H13NO3S/c1-19(16,17)18-15-13-9-8-11-7-6-10-4-2-3-5-12(10)14(11)13/h2-7H,8-9H2,1H3/b15-13+. The topological polar surface area (TPSA) is 55.7 Å². The number of oxime groups is 1. The van der Waals surface area contributed by atoms with Crippen LogP contribution in [0.5, 0.6) is 0 Å². The van der Waals surface area contributed by atoms with Gasteiger partial charge < -0.3 is 0 Å². The van der Waals surface area contributed by atoms with Gasteiger partial charge in [0.05, 0.1) is 12.0 Å². The number of rotatable bonds is 2. The highest BCUT2D eigenvalue weighted by Gasteiger charge is 2.21. The molecule has 0 radical (unpaired) electrons. The molecule has 0 saturated carbocycles. The fourth-order valence-corrected chi connectivity index (χ4v) is 2.67. The fourth-order valence-electron chi connectivity index (χ4n) is 2.45. The summed E-state index contributed by atoms with van der Waals surface area (Å²) in [5.74, 6) is 0. The zero-order valence-electron chi connectivity index (χ0n) is 10.5. The molecule has 0 N–H and O–H groups in total. The Morgan fingerprint density at radius 1 is 1.11 bits per heavy atom. The van der Waals surface area contributed by atoms with Crippen LogP contribution in [0.1, 0.15) is 17.5 Å². The second kappa shape index (κ2) is 4.35. The van der Waals surface area contributed by atoms with E-state index in [1.807, 2.05) is 24.3 Å². The van der Waals surface area contributed by atoms with Crippen LogP contribution in [-0.2, 0) is 20.8 Å². The molecule has 0 bridgehead atoms. The third kappa shape index (κ3) is 2.33. The van der Waals surface area contributed by atoms with Crippen LogP contribution >= 0.6 is 0 Å². The molecular weight excluding hydrogens is 262 g/mol. The van der Waals surface area contributed by atoms with Crippen molar-refractivity contribution in [3.63, 3.8) is 0 Å². The minimum atomic E-state index is -3.55. The SMILES string of the molecule is CS(=O)(=O)O/N=C1\CCc2ccc3ccccc3c21. The molecule has 98 valence electrons. The summed E-state index contributed by atoms with van der Waals surface area (Å²) in [5.41, 5.74) is 2.91. The van der Waals surface area contributed by atoms with Gasteiger partial charge in [0.25, 0.3) is 0 Å². The molecule has 1 aliphatic carbocycles. The molecule has 0 spiro atoms. The molecule has 0 aliphatic heterocycles. The van der Waals surface area contributed by atoms with Crippen LogP contribution < -0.4 is 0 Å². The van der Waals surface area contributed by atoms with Gasteiger partial charge in [0.15, 0.2) is 0 Å². The lowest BCUT2D eigenvalue weighted by atomic mass is 10.0. The summed E-state index contributed by atoms with van der Waals surface area (Å²) >= 11 is 0. The van der Waals surface area contributed by atoms with E-state index in [0.29, 0.717) is 12.1 Å². The minimum absolute atomic E-state index is 0.706. The first-order chi connectivity index (χ1) is 9.04. The zero-order valence-corrected chi connectivity index (χ0v) is 11.3. The second-order valence-electron chi connectivity index (χ2n) is 4.64. The van der Waals surface area contributed by atoms with Crippen molar-refractivity contribution in [1.82, 2.24) is 0 Å². The average Bonchev–Trinajstić information content (AvgIpc) is 2.79. The molecule has 1 aliphatic rings. The smallest absolute Gasteiger partial charge is 0.268 e. The number of nitrogens with zero attached hydrogens (tertiary/aromatic N) is 1. The summed E-state index contributed by atoms with van der Waals surface area (Å²) in [6, 6.07) is 12.1. The van der Waals surface area contributed by atoms with Gasteiger partial charge >= 0.3 is 10.1 Å². The fraction of sp³-hybridized carbons (Fsp3) is 0.214. The van der Waals surface area contributed by atoms with E-state index in [4.69, 9.17) is 0 Å². The third-order valence-corrected chi connectivity index (χ3v) is 3.56. The number of fused-ring (bicyclic) bond motifs is 3. The van der Waals surface area contributed by atoms with Gasteiger partial charge in [-0.1, -0.05) is 41.6 Å². The molecular formula is C14H13NO3S. The van der Waals surface area contributed by atoms with Crippen LogP contribution in [0.2, 0.25) is 0 Å². The van der Waals surface area contributed by atoms with Gasteiger partial charge in [0, 0.05) is 5.56 Å². The molecule has 2 aromatic rings. The molecule has 3 rings (SSSR count). The molecule has 0 aromatic heterocycles. The summed E-state index contributed by atoms with van der Waals surface area (Å²) in [7, 11) is -3.55. The number of hydrogen-bond acceptors (Lipinski definition) is 4. The molecule has 2 aromatic carbocycles. The molecule has 0 fully saturated rings. The maximum Gasteiger partial charge on any atom is 0.325 e. The summed E-state index contributed by atoms with van der Waals surface area (Å²) in [6.45, 7) is 0. The van der Waals surface area contributed by atoms with Gasteiger partial charge in [-0.25, -0.2) is 0 Å². The highest BCUT2D eigenvalue weighted by atomic mass is 32.2. The molecule has 0 heterocycles. The first kappa shape index (κ1) is 12.2. The summed E-state index contributed by atoms with van der Waals surface area (Å²) in [4.78, 5) is 0. The van der Waals surface area contributed by atoms with E-state index in [-0.39, 0.29) is 0 Å². The van der Waals surface area contributed by atoms with Crippen LogP contribution in [0.4, 0.5) is 0 Å². The largest absolute Gasteiger partial charge is 0.325 e. The van der Waals surface area contributed by atoms with Crippen molar-refractivity contribution in [2.75, 3.05) is 6.26 Å². The van der Waals surface area contributed by atoms with Crippen molar-refractivity contribution in [2.45, 2.75) is 12.8 Å². The van der Waals surface area contributed by atoms with Crippen molar-refractivity contribution in [1.29, 1.82) is 0 Å². The van der Waals surface area contributed by atoms with Crippen LogP contribution in [0, 0.1) is 0 Å². The molecule has 0 amide bonds. The Morgan fingerprint density at radius 3 is 2.68 bits per heavy atom. The predicted octanol–water partition coefficient (Wildman–Crippen LogP) is 2.47. The van der Waals surface area contributed by atoms with Gasteiger partial charge in [-0.05, 0) is 29.2 Å². The Bertz CT molecular complexity index is 778. The monoisotopic (exact) mass is 275 g/mol. The first-order valence-electron chi connectivity index (χ1n) is 6.01. The van der Waals surface area contributed by atoms with E-state index in [1.54, 1.807) is 0 Å². The Labute approximate surface area is 111 Å². The highest BCUT2D eigenvalue weighted by molar-refractivity contribution is 7.85. The van der Waals surface area contributed by atoms with Crippen molar-refractivity contribution in [3.8, 4) is 0 Å². The third-order valence-electron chi connectivity index (χ3n) is 3.22. The summed E-state index contributed by atoms with van der Waals surface area (Å²) in [5, 5.41) is 6.03. The van der Waals surface area contributed by atoms with Gasteiger partial charge in [0.2, 0.25) is 0 Å². The van der Waals surface area contributed by atoms with Crippen molar-refractivity contribution >= 4 is 26.6 Å². The summed E-state index contributed by atoms with van der Waals surface area (Å²) in [6.07, 6.45) is 2.57. The average molecular weight is 275 g/mol. The normalized spacial score (nSPS) is 16.8. The van der Waals surface area contributed by atoms with Crippen LogP contribution in [0.15, 0.2) is 41.6 Å². The maximum atomic E-state index is 11.0. The van der Waals surface area contributed by atoms with E-state index in [2.05, 4.69) is 21.6 Å². The van der Waals surface area contributed by atoms with Crippen molar-refractivity contribution < 1.29 is 12.7 Å². The van der Waals surface area contributed by atoms with E-state index < -0.39 is 10.1 Å². The van der Waals surface area contributed by atoms with Crippen molar-refractivity contribution in [3.05, 3.63) is 47.5 Å². The Hall–Kier alpha value is -1.88. The Kier molecular flexibility index (Phi) is 2.78. The zero-order chi connectivity index (χ0) is 13.5. The molecule has 0 unspecified atom stereocenters. The number of aryl methyl sites for hydroxylation is 1. The van der Waals surface area contributed by atoms with E-state index in [1.165, 1.54) is 5.56 Å². The van der Waals surface area contributed by atoms with Crippen LogP contribution in [-0.4, -0.2) is 20.4 Å². The minimum Gasteiger partial charge on any atom is -0.268 e. The molecule has 5 heteroatoms. The molecule has 0 atom stereocenters. The lowest BCUT2D eigenvalue weighted by molar-refractivity contribution is 0.342. The van der Waals surface area contributed by atoms with Gasteiger partial charge in [-0.2, -0.15) is 8.42 Å². The number of benzene rings is 2. The van der Waals surface area contributed by atoms with E-state index in [9.17, 15) is 8.42 Å². The predicted molar refractivity (Wildman–Crippen MR) is 74.7 cm³/mol. The first-order valence-corrected chi connectivity index (χ1v) is 7.83. The van der Waals surface area contributed by atoms with Crippen molar-refractivity contribution in [2.24, 2.45) is 5.16 Å². The Balaban J connectivity index is 2.15. The van der Waals surface area contributed by atoms with Gasteiger partial charge in [-0.15, -0.1) is 0 Å². The highest BCUT2D eigenvalue weighted by Crippen LogP contribution is 2.30. The summed E-state index contributed by atoms with van der Waals surface area (Å²) < 4.78 is 26.6. The van der Waals surface area contributed by atoms with Gasteiger partial charge in [-0.3, -0.25) is 4.28 Å². The molecule has 4 nitrogen and oxygen atoms in total. The maximum absolute atomic E-state index is 11.0. The molecule has 0 saturated heterocycles. The van der Waals surface area contributed by atoms with Crippen LogP contribution in [0.25, 0.3) is 10.8 Å². The molecule has 19 heavy (non-hydrogen) atoms. The lowest BCUT2D eigenvalue weighted by Gasteiger charge is -2.05. The quantitative estimate of drug-likeness (QED) is 0.791. The lowest BCUT2D eigenvalue weighted by Crippen LogP contribution is -2.02. The van der Waals surface area contributed by atoms with Crippen LogP contribution in [0.3, 0.4) is 0 Å². The van der Waals surface area contributed by atoms with Gasteiger partial charge in [0.1, 0.15) is 0 Å². The van der Waals surface area contributed by atoms with E-state index in [0.717, 1.165) is 29.0 Å². The Morgan fingerprint density at radius 2 is 1.89 bits per heavy atom. The van der Waals surface area contributed by atoms with E-state index >= 15 is 0 Å².